The summed E-state index contributed by atoms with van der Waals surface area (Å²) in [5.41, 5.74) is 2.94. The largest absolute Gasteiger partial charge is 0.394 e. The molecule has 0 aliphatic heterocycles. The fraction of sp³-hybridized carbons (Fsp3) is 0.154. The van der Waals surface area contributed by atoms with Crippen LogP contribution in [0.25, 0.3) is 22.0 Å². The molecule has 0 amide bonds. The molecule has 90 valence electrons. The third-order valence-electron chi connectivity index (χ3n) is 2.86. The monoisotopic (exact) mass is 240 g/mol. The van der Waals surface area contributed by atoms with Crippen LogP contribution in [0.15, 0.2) is 43.1 Å². The molecule has 0 aliphatic carbocycles. The van der Waals surface area contributed by atoms with Crippen LogP contribution in [-0.4, -0.2) is 31.5 Å². The van der Waals surface area contributed by atoms with E-state index >= 15 is 0 Å². The second kappa shape index (κ2) is 4.54. The molecule has 0 saturated carbocycles. The van der Waals surface area contributed by atoms with Gasteiger partial charge in [-0.05, 0) is 6.07 Å². The average molecular weight is 240 g/mol. The van der Waals surface area contributed by atoms with E-state index in [0.29, 0.717) is 6.54 Å². The predicted molar refractivity (Wildman–Crippen MR) is 67.8 cm³/mol. The summed E-state index contributed by atoms with van der Waals surface area (Å²) in [7, 11) is 0. The van der Waals surface area contributed by atoms with E-state index in [1.165, 1.54) is 0 Å². The highest BCUT2D eigenvalue weighted by Crippen LogP contribution is 2.26. The van der Waals surface area contributed by atoms with Gasteiger partial charge in [-0.15, -0.1) is 0 Å². The van der Waals surface area contributed by atoms with Crippen LogP contribution in [0.2, 0.25) is 0 Å². The lowest BCUT2D eigenvalue weighted by Gasteiger charge is -2.03. The molecule has 3 heterocycles. The van der Waals surface area contributed by atoms with Crippen molar-refractivity contribution >= 4 is 10.9 Å². The van der Waals surface area contributed by atoms with Gasteiger partial charge >= 0.3 is 0 Å². The first-order valence-electron chi connectivity index (χ1n) is 5.71. The van der Waals surface area contributed by atoms with Crippen LogP contribution in [-0.2, 0) is 6.54 Å². The first kappa shape index (κ1) is 10.9. The molecule has 0 fully saturated rings. The Morgan fingerprint density at radius 1 is 1.11 bits per heavy atom. The van der Waals surface area contributed by atoms with Gasteiger partial charge in [0.25, 0.3) is 0 Å². The van der Waals surface area contributed by atoms with Gasteiger partial charge in [0.2, 0.25) is 0 Å². The highest BCUT2D eigenvalue weighted by molar-refractivity contribution is 5.93. The molecule has 3 aromatic rings. The Morgan fingerprint density at radius 2 is 2.06 bits per heavy atom. The zero-order chi connectivity index (χ0) is 12.4. The molecule has 0 saturated heterocycles. The Kier molecular flexibility index (Phi) is 2.74. The van der Waals surface area contributed by atoms with Crippen molar-refractivity contribution < 1.29 is 5.11 Å². The van der Waals surface area contributed by atoms with Crippen molar-refractivity contribution in [1.82, 2.24) is 19.7 Å². The Hall–Kier alpha value is -2.27. The highest BCUT2D eigenvalue weighted by Gasteiger charge is 2.08. The van der Waals surface area contributed by atoms with Crippen LogP contribution in [0.1, 0.15) is 0 Å². The minimum absolute atomic E-state index is 0.0634. The van der Waals surface area contributed by atoms with E-state index in [1.807, 2.05) is 18.3 Å². The number of aliphatic hydroxyl groups is 1. The van der Waals surface area contributed by atoms with E-state index in [0.717, 1.165) is 22.0 Å². The van der Waals surface area contributed by atoms with Crippen molar-refractivity contribution in [2.75, 3.05) is 6.61 Å². The van der Waals surface area contributed by atoms with Crippen LogP contribution >= 0.6 is 0 Å². The fourth-order valence-electron chi connectivity index (χ4n) is 2.02. The molecule has 0 radical (unpaired) electrons. The number of aliphatic hydroxyl groups excluding tert-OH is 1. The number of hydrogen-bond acceptors (Lipinski definition) is 4. The van der Waals surface area contributed by atoms with Gasteiger partial charge < -0.3 is 5.11 Å². The molecule has 1 N–H and O–H groups in total. The van der Waals surface area contributed by atoms with E-state index in [4.69, 9.17) is 5.11 Å². The molecule has 0 atom stereocenters. The molecular formula is C13H12N4O. The molecule has 0 bridgehead atoms. The maximum atomic E-state index is 8.99. The zero-order valence-corrected chi connectivity index (χ0v) is 9.69. The Bertz CT molecular complexity index is 663. The summed E-state index contributed by atoms with van der Waals surface area (Å²) in [6.45, 7) is 0.537. The minimum Gasteiger partial charge on any atom is -0.394 e. The van der Waals surface area contributed by atoms with Gasteiger partial charge in [-0.2, -0.15) is 5.10 Å². The summed E-state index contributed by atoms with van der Waals surface area (Å²) in [5, 5.41) is 14.3. The molecular weight excluding hydrogens is 228 g/mol. The third kappa shape index (κ3) is 1.74. The normalized spacial score (nSPS) is 10.9. The van der Waals surface area contributed by atoms with Crippen molar-refractivity contribution in [3.63, 3.8) is 0 Å². The standard InChI is InChI=1S/C13H12N4O/c18-5-4-17-13-9-15-7-11(12(13)8-16-17)10-2-1-3-14-6-10/h1-3,6-9,18H,4-5H2. The van der Waals surface area contributed by atoms with E-state index < -0.39 is 0 Å². The summed E-state index contributed by atoms with van der Waals surface area (Å²) < 4.78 is 1.75. The lowest BCUT2D eigenvalue weighted by molar-refractivity contribution is 0.271. The zero-order valence-electron chi connectivity index (χ0n) is 9.69. The van der Waals surface area contributed by atoms with Gasteiger partial charge in [0.15, 0.2) is 0 Å². The summed E-state index contributed by atoms with van der Waals surface area (Å²) in [6, 6.07) is 3.89. The van der Waals surface area contributed by atoms with E-state index in [1.54, 1.807) is 29.5 Å². The summed E-state index contributed by atoms with van der Waals surface area (Å²) in [6.07, 6.45) is 8.92. The number of fused-ring (bicyclic) bond motifs is 1. The average Bonchev–Trinajstić information content (AvgIpc) is 2.84. The molecule has 3 rings (SSSR count). The van der Waals surface area contributed by atoms with E-state index in [2.05, 4.69) is 15.1 Å². The van der Waals surface area contributed by atoms with Crippen LogP contribution in [0.4, 0.5) is 0 Å². The Morgan fingerprint density at radius 3 is 2.83 bits per heavy atom. The molecule has 18 heavy (non-hydrogen) atoms. The van der Waals surface area contributed by atoms with Gasteiger partial charge in [-0.1, -0.05) is 6.07 Å². The molecule has 5 heteroatoms. The van der Waals surface area contributed by atoms with Gasteiger partial charge in [0.05, 0.1) is 31.1 Å². The minimum atomic E-state index is 0.0634. The van der Waals surface area contributed by atoms with Crippen molar-refractivity contribution in [2.24, 2.45) is 0 Å². The quantitative estimate of drug-likeness (QED) is 0.753. The maximum Gasteiger partial charge on any atom is 0.0872 e. The third-order valence-corrected chi connectivity index (χ3v) is 2.86. The van der Waals surface area contributed by atoms with Crippen LogP contribution in [0.5, 0.6) is 0 Å². The molecule has 0 spiro atoms. The SMILES string of the molecule is OCCn1ncc2c(-c3cccnc3)cncc21. The van der Waals surface area contributed by atoms with E-state index in [-0.39, 0.29) is 6.61 Å². The van der Waals surface area contributed by atoms with Crippen LogP contribution < -0.4 is 0 Å². The van der Waals surface area contributed by atoms with Crippen molar-refractivity contribution in [1.29, 1.82) is 0 Å². The summed E-state index contributed by atoms with van der Waals surface area (Å²) in [4.78, 5) is 8.35. The molecule has 0 aliphatic rings. The lowest BCUT2D eigenvalue weighted by Crippen LogP contribution is -2.03. The second-order valence-electron chi connectivity index (χ2n) is 3.95. The van der Waals surface area contributed by atoms with Gasteiger partial charge in [-0.25, -0.2) is 0 Å². The van der Waals surface area contributed by atoms with Gasteiger partial charge in [-0.3, -0.25) is 14.6 Å². The second-order valence-corrected chi connectivity index (χ2v) is 3.95. The maximum absolute atomic E-state index is 8.99. The van der Waals surface area contributed by atoms with Gasteiger partial charge in [0, 0.05) is 35.1 Å². The number of aromatic nitrogens is 4. The Labute approximate surface area is 104 Å². The van der Waals surface area contributed by atoms with Crippen molar-refractivity contribution in [2.45, 2.75) is 6.54 Å². The number of nitrogens with zero attached hydrogens (tertiary/aromatic N) is 4. The Balaban J connectivity index is 2.19. The van der Waals surface area contributed by atoms with Gasteiger partial charge in [0.1, 0.15) is 0 Å². The number of hydrogen-bond donors (Lipinski definition) is 1. The summed E-state index contributed by atoms with van der Waals surface area (Å²) >= 11 is 0. The van der Waals surface area contributed by atoms with E-state index in [9.17, 15) is 0 Å². The molecule has 0 unspecified atom stereocenters. The number of rotatable bonds is 3. The van der Waals surface area contributed by atoms with Crippen LogP contribution in [0.3, 0.4) is 0 Å². The molecule has 3 aromatic heterocycles. The molecule has 5 nitrogen and oxygen atoms in total. The summed E-state index contributed by atoms with van der Waals surface area (Å²) in [5.74, 6) is 0. The topological polar surface area (TPSA) is 63.8 Å². The smallest absolute Gasteiger partial charge is 0.0872 e. The molecule has 0 aromatic carbocycles. The van der Waals surface area contributed by atoms with Crippen molar-refractivity contribution in [3.05, 3.63) is 43.1 Å². The van der Waals surface area contributed by atoms with Crippen molar-refractivity contribution in [3.8, 4) is 11.1 Å². The highest BCUT2D eigenvalue weighted by atomic mass is 16.3. The predicted octanol–water partition coefficient (Wildman–Crippen LogP) is 1.49. The number of pyridine rings is 2. The fourth-order valence-corrected chi connectivity index (χ4v) is 2.02. The first-order valence-corrected chi connectivity index (χ1v) is 5.71. The lowest BCUT2D eigenvalue weighted by atomic mass is 10.1. The van der Waals surface area contributed by atoms with Crippen LogP contribution in [0, 0.1) is 0 Å². The first-order chi connectivity index (χ1) is 8.90.